The quantitative estimate of drug-likeness (QED) is 0.818. The average Bonchev–Trinajstić information content (AvgIpc) is 2.90. The fraction of sp³-hybridized carbons (Fsp3) is 0.529. The Hall–Kier alpha value is -0.880. The number of aromatic nitrogens is 1. The van der Waals surface area contributed by atoms with Crippen LogP contribution in [0.5, 0.6) is 0 Å². The van der Waals surface area contributed by atoms with Gasteiger partial charge < -0.3 is 10.6 Å². The Bertz CT molecular complexity index is 617. The summed E-state index contributed by atoms with van der Waals surface area (Å²) in [5, 5.41) is 7.70. The average molecular weight is 390 g/mol. The molecule has 24 heavy (non-hydrogen) atoms. The molecular weight excluding hydrogens is 365 g/mol. The van der Waals surface area contributed by atoms with Crippen LogP contribution >= 0.6 is 36.2 Å². The Morgan fingerprint density at radius 3 is 2.92 bits per heavy atom. The van der Waals surface area contributed by atoms with Crippen molar-refractivity contribution in [2.75, 3.05) is 6.54 Å². The van der Waals surface area contributed by atoms with Gasteiger partial charge in [0.1, 0.15) is 0 Å². The fourth-order valence-electron chi connectivity index (χ4n) is 2.99. The molecule has 0 saturated carbocycles. The minimum Gasteiger partial charge on any atom is -0.353 e. The van der Waals surface area contributed by atoms with Crippen molar-refractivity contribution in [2.24, 2.45) is 0 Å². The number of carbonyl (C=O) groups is 1. The van der Waals surface area contributed by atoms with E-state index in [-0.39, 0.29) is 30.7 Å². The van der Waals surface area contributed by atoms with E-state index in [9.17, 15) is 4.79 Å². The second-order valence-corrected chi connectivity index (χ2v) is 7.19. The molecule has 0 aliphatic carbocycles. The zero-order chi connectivity index (χ0) is 15.4. The van der Waals surface area contributed by atoms with E-state index in [4.69, 9.17) is 0 Å². The summed E-state index contributed by atoms with van der Waals surface area (Å²) < 4.78 is 1.23. The van der Waals surface area contributed by atoms with E-state index >= 15 is 0 Å². The zero-order valence-electron chi connectivity index (χ0n) is 13.8. The van der Waals surface area contributed by atoms with E-state index in [0.29, 0.717) is 18.5 Å². The second-order valence-electron chi connectivity index (χ2n) is 6.07. The molecular formula is C17H25Cl2N3OS. The first kappa shape index (κ1) is 21.2. The van der Waals surface area contributed by atoms with Crippen LogP contribution in [0.1, 0.15) is 37.6 Å². The number of thiazole rings is 1. The molecule has 1 aliphatic heterocycles. The van der Waals surface area contributed by atoms with Gasteiger partial charge >= 0.3 is 0 Å². The van der Waals surface area contributed by atoms with Crippen molar-refractivity contribution >= 4 is 52.3 Å². The van der Waals surface area contributed by atoms with Gasteiger partial charge in [-0.15, -0.1) is 36.2 Å². The van der Waals surface area contributed by atoms with Gasteiger partial charge in [-0.1, -0.05) is 12.1 Å². The summed E-state index contributed by atoms with van der Waals surface area (Å²) in [7, 11) is 0. The van der Waals surface area contributed by atoms with Crippen LogP contribution in [0.15, 0.2) is 24.3 Å². The van der Waals surface area contributed by atoms with E-state index in [1.165, 1.54) is 4.70 Å². The number of carbonyl (C=O) groups excluding carboxylic acids is 1. The molecule has 2 aromatic rings. The molecule has 1 saturated heterocycles. The highest BCUT2D eigenvalue weighted by atomic mass is 35.5. The Morgan fingerprint density at radius 2 is 2.17 bits per heavy atom. The van der Waals surface area contributed by atoms with Crippen LogP contribution in [-0.4, -0.2) is 29.5 Å². The molecule has 2 N–H and O–H groups in total. The lowest BCUT2D eigenvalue weighted by molar-refractivity contribution is -0.122. The minimum absolute atomic E-state index is 0. The molecule has 2 atom stereocenters. The Kier molecular flexibility index (Phi) is 8.98. The molecule has 1 aromatic heterocycles. The maximum Gasteiger partial charge on any atom is 0.220 e. The van der Waals surface area contributed by atoms with Gasteiger partial charge in [-0.3, -0.25) is 4.79 Å². The van der Waals surface area contributed by atoms with Gasteiger partial charge in [-0.25, -0.2) is 4.98 Å². The number of nitrogens with zero attached hydrogens (tertiary/aromatic N) is 1. The number of rotatable bonds is 5. The van der Waals surface area contributed by atoms with Gasteiger partial charge in [0.25, 0.3) is 0 Å². The van der Waals surface area contributed by atoms with E-state index in [2.05, 4.69) is 28.6 Å². The number of halogens is 2. The topological polar surface area (TPSA) is 54.0 Å². The zero-order valence-corrected chi connectivity index (χ0v) is 16.2. The van der Waals surface area contributed by atoms with Gasteiger partial charge in [0.15, 0.2) is 0 Å². The number of hydrogen-bond acceptors (Lipinski definition) is 4. The SMILES string of the molecule is CC1CC(NC(=O)CCCc2nc3ccccc3s2)CCN1.Cl.Cl. The van der Waals surface area contributed by atoms with Crippen LogP contribution in [0.2, 0.25) is 0 Å². The summed E-state index contributed by atoms with van der Waals surface area (Å²) in [6.45, 7) is 3.17. The van der Waals surface area contributed by atoms with Crippen molar-refractivity contribution in [3.8, 4) is 0 Å². The molecule has 1 aromatic carbocycles. The van der Waals surface area contributed by atoms with Crippen molar-refractivity contribution in [1.29, 1.82) is 0 Å². The van der Waals surface area contributed by atoms with Crippen LogP contribution in [0.4, 0.5) is 0 Å². The molecule has 1 amide bonds. The van der Waals surface area contributed by atoms with Crippen molar-refractivity contribution in [1.82, 2.24) is 15.6 Å². The molecule has 2 unspecified atom stereocenters. The van der Waals surface area contributed by atoms with E-state index in [1.807, 2.05) is 18.2 Å². The molecule has 3 rings (SSSR count). The molecule has 1 aliphatic rings. The highest BCUT2D eigenvalue weighted by molar-refractivity contribution is 7.18. The van der Waals surface area contributed by atoms with Crippen molar-refractivity contribution in [3.63, 3.8) is 0 Å². The summed E-state index contributed by atoms with van der Waals surface area (Å²) in [6.07, 6.45) is 4.41. The van der Waals surface area contributed by atoms with Crippen molar-refractivity contribution < 1.29 is 4.79 Å². The van der Waals surface area contributed by atoms with Crippen LogP contribution in [0, 0.1) is 0 Å². The van der Waals surface area contributed by atoms with E-state index in [0.717, 1.165) is 42.8 Å². The van der Waals surface area contributed by atoms with Crippen molar-refractivity contribution in [3.05, 3.63) is 29.3 Å². The predicted octanol–water partition coefficient (Wildman–Crippen LogP) is 3.72. The predicted molar refractivity (Wildman–Crippen MR) is 106 cm³/mol. The first-order chi connectivity index (χ1) is 10.7. The summed E-state index contributed by atoms with van der Waals surface area (Å²) in [6, 6.07) is 9.03. The highest BCUT2D eigenvalue weighted by Gasteiger charge is 2.19. The second kappa shape index (κ2) is 10.2. The monoisotopic (exact) mass is 389 g/mol. The highest BCUT2D eigenvalue weighted by Crippen LogP contribution is 2.22. The van der Waals surface area contributed by atoms with Crippen molar-refractivity contribution in [2.45, 2.75) is 51.1 Å². The molecule has 1 fully saturated rings. The summed E-state index contributed by atoms with van der Waals surface area (Å²) in [5.41, 5.74) is 1.07. The molecule has 134 valence electrons. The minimum atomic E-state index is 0. The first-order valence-electron chi connectivity index (χ1n) is 8.08. The summed E-state index contributed by atoms with van der Waals surface area (Å²) >= 11 is 1.73. The van der Waals surface area contributed by atoms with Crippen LogP contribution < -0.4 is 10.6 Å². The van der Waals surface area contributed by atoms with Gasteiger partial charge in [-0.2, -0.15) is 0 Å². The Labute approximate surface area is 159 Å². The Morgan fingerprint density at radius 1 is 1.38 bits per heavy atom. The van der Waals surface area contributed by atoms with Gasteiger partial charge in [0, 0.05) is 18.5 Å². The number of piperidine rings is 1. The third-order valence-electron chi connectivity index (χ3n) is 4.12. The lowest BCUT2D eigenvalue weighted by atomic mass is 10.0. The summed E-state index contributed by atoms with van der Waals surface area (Å²) in [5.74, 6) is 0.181. The van der Waals surface area contributed by atoms with Crippen LogP contribution in [-0.2, 0) is 11.2 Å². The standard InChI is InChI=1S/C17H23N3OS.2ClH/c1-12-11-13(9-10-18-12)19-16(21)7-4-8-17-20-14-5-2-3-6-15(14)22-17;;/h2-3,5-6,12-13,18H,4,7-11H2,1H3,(H,19,21);2*1H. The molecule has 0 bridgehead atoms. The maximum absolute atomic E-state index is 12.0. The first-order valence-corrected chi connectivity index (χ1v) is 8.89. The Balaban J connectivity index is 0.00000144. The normalized spacial score (nSPS) is 20.0. The molecule has 4 nitrogen and oxygen atoms in total. The summed E-state index contributed by atoms with van der Waals surface area (Å²) in [4.78, 5) is 16.6. The number of aryl methyl sites for hydroxylation is 1. The number of nitrogens with one attached hydrogen (secondary N) is 2. The smallest absolute Gasteiger partial charge is 0.220 e. The number of fused-ring (bicyclic) bond motifs is 1. The number of para-hydroxylation sites is 1. The lowest BCUT2D eigenvalue weighted by Gasteiger charge is -2.28. The van der Waals surface area contributed by atoms with Gasteiger partial charge in [-0.05, 0) is 51.3 Å². The van der Waals surface area contributed by atoms with Gasteiger partial charge in [0.05, 0.1) is 15.2 Å². The largest absolute Gasteiger partial charge is 0.353 e. The van der Waals surface area contributed by atoms with Crippen LogP contribution in [0.3, 0.4) is 0 Å². The van der Waals surface area contributed by atoms with Crippen LogP contribution in [0.25, 0.3) is 10.2 Å². The molecule has 0 radical (unpaired) electrons. The molecule has 0 spiro atoms. The molecule has 7 heteroatoms. The third kappa shape index (κ3) is 5.88. The molecule has 2 heterocycles. The number of amides is 1. The lowest BCUT2D eigenvalue weighted by Crippen LogP contribution is -2.46. The van der Waals surface area contributed by atoms with E-state index in [1.54, 1.807) is 11.3 Å². The third-order valence-corrected chi connectivity index (χ3v) is 5.22. The fourth-order valence-corrected chi connectivity index (χ4v) is 4.00. The number of benzene rings is 1. The number of hydrogen-bond donors (Lipinski definition) is 2. The maximum atomic E-state index is 12.0. The van der Waals surface area contributed by atoms with E-state index < -0.39 is 0 Å². The van der Waals surface area contributed by atoms with Gasteiger partial charge in [0.2, 0.25) is 5.91 Å².